The molecule has 0 amide bonds. The second-order valence-electron chi connectivity index (χ2n) is 5.38. The number of rotatable bonds is 6. The van der Waals surface area contributed by atoms with Crippen molar-refractivity contribution in [1.82, 2.24) is 15.2 Å². The zero-order valence-electron chi connectivity index (χ0n) is 11.6. The van der Waals surface area contributed by atoms with Gasteiger partial charge in [-0.25, -0.2) is 4.98 Å². The van der Waals surface area contributed by atoms with E-state index in [9.17, 15) is 0 Å². The van der Waals surface area contributed by atoms with Crippen LogP contribution in [0.5, 0.6) is 0 Å². The molecule has 0 saturated carbocycles. The average Bonchev–Trinajstić information content (AvgIpc) is 2.80. The molecule has 2 heterocycles. The van der Waals surface area contributed by atoms with Crippen molar-refractivity contribution < 1.29 is 4.42 Å². The Morgan fingerprint density at radius 2 is 2.22 bits per heavy atom. The van der Waals surface area contributed by atoms with Crippen LogP contribution >= 0.6 is 0 Å². The lowest BCUT2D eigenvalue weighted by molar-refractivity contribution is 0.211. The molecular weight excluding hydrogens is 226 g/mol. The molecule has 18 heavy (non-hydrogen) atoms. The van der Waals surface area contributed by atoms with Gasteiger partial charge in [-0.05, 0) is 58.9 Å². The van der Waals surface area contributed by atoms with E-state index in [0.717, 1.165) is 43.4 Å². The minimum atomic E-state index is 0.755. The average molecular weight is 251 g/mol. The van der Waals surface area contributed by atoms with Gasteiger partial charge in [0.15, 0.2) is 5.89 Å². The van der Waals surface area contributed by atoms with Crippen LogP contribution in [0.3, 0.4) is 0 Å². The summed E-state index contributed by atoms with van der Waals surface area (Å²) in [6.07, 6.45) is 7.56. The van der Waals surface area contributed by atoms with Gasteiger partial charge in [0.2, 0.25) is 0 Å². The number of piperidine rings is 1. The number of nitrogens with zero attached hydrogens (tertiary/aromatic N) is 2. The molecular formula is C14H25N3O. The summed E-state index contributed by atoms with van der Waals surface area (Å²) in [6, 6.07) is 0. The summed E-state index contributed by atoms with van der Waals surface area (Å²) >= 11 is 0. The van der Waals surface area contributed by atoms with Gasteiger partial charge in [0, 0.05) is 12.8 Å². The Bertz CT molecular complexity index is 343. The molecule has 0 aliphatic carbocycles. The van der Waals surface area contributed by atoms with E-state index in [1.54, 1.807) is 0 Å². The van der Waals surface area contributed by atoms with Gasteiger partial charge in [0.25, 0.3) is 0 Å². The molecule has 1 aliphatic rings. The van der Waals surface area contributed by atoms with Crippen LogP contribution in [0.4, 0.5) is 0 Å². The minimum absolute atomic E-state index is 0.755. The van der Waals surface area contributed by atoms with E-state index in [2.05, 4.69) is 22.2 Å². The first-order chi connectivity index (χ1) is 8.78. The number of nitrogens with one attached hydrogen (secondary N) is 1. The van der Waals surface area contributed by atoms with Crippen molar-refractivity contribution >= 4 is 0 Å². The van der Waals surface area contributed by atoms with Crippen molar-refractivity contribution in [2.24, 2.45) is 5.92 Å². The Hall–Kier alpha value is -0.870. The lowest BCUT2D eigenvalue weighted by atomic mass is 9.94. The second-order valence-corrected chi connectivity index (χ2v) is 5.38. The van der Waals surface area contributed by atoms with Crippen molar-refractivity contribution in [2.75, 3.05) is 33.7 Å². The predicted molar refractivity (Wildman–Crippen MR) is 72.7 cm³/mol. The van der Waals surface area contributed by atoms with E-state index < -0.39 is 0 Å². The first-order valence-corrected chi connectivity index (χ1v) is 7.04. The molecule has 0 bridgehead atoms. The molecule has 0 radical (unpaired) electrons. The van der Waals surface area contributed by atoms with Crippen LogP contribution < -0.4 is 5.32 Å². The highest BCUT2D eigenvalue weighted by Crippen LogP contribution is 2.20. The fourth-order valence-electron chi connectivity index (χ4n) is 2.51. The van der Waals surface area contributed by atoms with Gasteiger partial charge in [-0.15, -0.1) is 0 Å². The van der Waals surface area contributed by atoms with E-state index in [1.165, 1.54) is 25.9 Å². The third kappa shape index (κ3) is 4.10. The lowest BCUT2D eigenvalue weighted by Gasteiger charge is -2.28. The second kappa shape index (κ2) is 6.90. The molecule has 1 aromatic rings. The molecule has 102 valence electrons. The van der Waals surface area contributed by atoms with Crippen LogP contribution in [0.25, 0.3) is 0 Å². The van der Waals surface area contributed by atoms with Gasteiger partial charge in [-0.2, -0.15) is 0 Å². The molecule has 1 N–H and O–H groups in total. The smallest absolute Gasteiger partial charge is 0.194 e. The Morgan fingerprint density at radius 3 is 2.94 bits per heavy atom. The Balaban J connectivity index is 1.76. The van der Waals surface area contributed by atoms with Crippen LogP contribution in [0.1, 0.15) is 30.9 Å². The summed E-state index contributed by atoms with van der Waals surface area (Å²) in [4.78, 5) is 6.81. The van der Waals surface area contributed by atoms with Crippen LogP contribution in [-0.2, 0) is 12.8 Å². The van der Waals surface area contributed by atoms with E-state index in [4.69, 9.17) is 4.42 Å². The van der Waals surface area contributed by atoms with Crippen LogP contribution in [-0.4, -0.2) is 43.6 Å². The van der Waals surface area contributed by atoms with Crippen molar-refractivity contribution in [3.8, 4) is 0 Å². The number of hydrogen-bond donors (Lipinski definition) is 1. The van der Waals surface area contributed by atoms with Crippen molar-refractivity contribution in [3.63, 3.8) is 0 Å². The maximum Gasteiger partial charge on any atom is 0.194 e. The maximum absolute atomic E-state index is 5.81. The van der Waals surface area contributed by atoms with Crippen LogP contribution in [0.15, 0.2) is 10.6 Å². The Labute approximate surface area is 110 Å². The number of hydrogen-bond acceptors (Lipinski definition) is 4. The van der Waals surface area contributed by atoms with E-state index >= 15 is 0 Å². The molecule has 1 saturated heterocycles. The highest BCUT2D eigenvalue weighted by molar-refractivity contribution is 4.95. The van der Waals surface area contributed by atoms with E-state index in [1.807, 2.05) is 13.2 Å². The summed E-state index contributed by atoms with van der Waals surface area (Å²) in [5.74, 6) is 2.72. The van der Waals surface area contributed by atoms with Gasteiger partial charge in [-0.1, -0.05) is 0 Å². The molecule has 1 fully saturated rings. The molecule has 0 spiro atoms. The zero-order valence-corrected chi connectivity index (χ0v) is 11.6. The Kier molecular flexibility index (Phi) is 5.20. The summed E-state index contributed by atoms with van der Waals surface area (Å²) in [6.45, 7) is 3.45. The number of aryl methyl sites for hydroxylation is 1. The van der Waals surface area contributed by atoms with Gasteiger partial charge < -0.3 is 14.6 Å². The van der Waals surface area contributed by atoms with Crippen LogP contribution in [0, 0.1) is 5.92 Å². The van der Waals surface area contributed by atoms with Crippen molar-refractivity contribution in [1.29, 1.82) is 0 Å². The fourth-order valence-corrected chi connectivity index (χ4v) is 2.51. The molecule has 4 heteroatoms. The summed E-state index contributed by atoms with van der Waals surface area (Å²) in [5.41, 5.74) is 0. The number of aromatic nitrogens is 1. The van der Waals surface area contributed by atoms with Crippen molar-refractivity contribution in [3.05, 3.63) is 17.8 Å². The normalized spacial score (nSPS) is 18.3. The zero-order chi connectivity index (χ0) is 12.8. The molecule has 2 rings (SSSR count). The largest absolute Gasteiger partial charge is 0.446 e. The highest BCUT2D eigenvalue weighted by Gasteiger charge is 2.19. The van der Waals surface area contributed by atoms with Gasteiger partial charge in [0.05, 0.1) is 6.20 Å². The number of oxazole rings is 1. The summed E-state index contributed by atoms with van der Waals surface area (Å²) in [5, 5.41) is 3.15. The first kappa shape index (κ1) is 13.6. The fraction of sp³-hybridized carbons (Fsp3) is 0.786. The molecule has 1 aliphatic heterocycles. The van der Waals surface area contributed by atoms with E-state index in [-0.39, 0.29) is 0 Å². The van der Waals surface area contributed by atoms with E-state index in [0.29, 0.717) is 0 Å². The summed E-state index contributed by atoms with van der Waals surface area (Å²) in [7, 11) is 4.17. The Morgan fingerprint density at radius 1 is 1.44 bits per heavy atom. The topological polar surface area (TPSA) is 41.3 Å². The third-order valence-corrected chi connectivity index (χ3v) is 3.75. The third-order valence-electron chi connectivity index (χ3n) is 3.75. The van der Waals surface area contributed by atoms with Crippen LogP contribution in [0.2, 0.25) is 0 Å². The quantitative estimate of drug-likeness (QED) is 0.782. The minimum Gasteiger partial charge on any atom is -0.446 e. The lowest BCUT2D eigenvalue weighted by Crippen LogP contribution is -2.30. The van der Waals surface area contributed by atoms with Gasteiger partial charge in [0.1, 0.15) is 5.76 Å². The number of likely N-dealkylation sites (tertiary alicyclic amines) is 1. The van der Waals surface area contributed by atoms with Gasteiger partial charge >= 0.3 is 0 Å². The molecule has 1 aromatic heterocycles. The molecule has 4 nitrogen and oxygen atoms in total. The molecule has 0 atom stereocenters. The van der Waals surface area contributed by atoms with Crippen molar-refractivity contribution in [2.45, 2.75) is 32.1 Å². The predicted octanol–water partition coefficient (Wildman–Crippen LogP) is 1.71. The monoisotopic (exact) mass is 251 g/mol. The first-order valence-electron chi connectivity index (χ1n) is 7.04. The SMILES string of the molecule is CNCCCc1cnc(CC2CCN(C)CC2)o1. The summed E-state index contributed by atoms with van der Waals surface area (Å²) < 4.78 is 5.81. The maximum atomic E-state index is 5.81. The molecule has 0 unspecified atom stereocenters. The standard InChI is InChI=1S/C14H25N3O/c1-15-7-3-4-13-11-16-14(18-13)10-12-5-8-17(2)9-6-12/h11-12,15H,3-10H2,1-2H3. The molecule has 0 aromatic carbocycles. The highest BCUT2D eigenvalue weighted by atomic mass is 16.4. The van der Waals surface area contributed by atoms with Gasteiger partial charge in [-0.3, -0.25) is 0 Å².